The molecule has 2 atom stereocenters. The molecule has 1 saturated heterocycles. The number of nitrogens with zero attached hydrogens (tertiary/aromatic N) is 2. The van der Waals surface area contributed by atoms with Gasteiger partial charge in [0.15, 0.2) is 0 Å². The molecule has 1 aromatic carbocycles. The number of benzene rings is 1. The molecule has 0 bridgehead atoms. The molecule has 3 aromatic rings. The van der Waals surface area contributed by atoms with Gasteiger partial charge in [0.1, 0.15) is 10.5 Å². The van der Waals surface area contributed by atoms with Crippen molar-refractivity contribution in [2.45, 2.75) is 24.8 Å². The summed E-state index contributed by atoms with van der Waals surface area (Å²) in [7, 11) is 0. The van der Waals surface area contributed by atoms with Crippen LogP contribution in [0.5, 0.6) is 0 Å². The largest absolute Gasteiger partial charge is 0.465 e. The Labute approximate surface area is 161 Å². The number of rotatable bonds is 2. The fourth-order valence-electron chi connectivity index (χ4n) is 3.55. The van der Waals surface area contributed by atoms with E-state index in [-0.39, 0.29) is 11.5 Å². The molecule has 1 aliphatic rings. The Morgan fingerprint density at radius 2 is 2.08 bits per heavy atom. The summed E-state index contributed by atoms with van der Waals surface area (Å²) in [5.74, 6) is 0.566. The van der Waals surface area contributed by atoms with Gasteiger partial charge in [-0.3, -0.25) is 9.69 Å². The molecule has 0 spiro atoms. The van der Waals surface area contributed by atoms with Crippen LogP contribution < -0.4 is 5.56 Å². The van der Waals surface area contributed by atoms with Crippen molar-refractivity contribution < 1.29 is 9.90 Å². The molecule has 2 aromatic heterocycles. The maximum atomic E-state index is 12.3. The zero-order valence-electron chi connectivity index (χ0n) is 13.7. The number of hydrogen-bond donors (Lipinski definition) is 2. The minimum absolute atomic E-state index is 0.147. The second kappa shape index (κ2) is 6.85. The van der Waals surface area contributed by atoms with Gasteiger partial charge in [-0.1, -0.05) is 30.3 Å². The van der Waals surface area contributed by atoms with Crippen LogP contribution in [-0.2, 0) is 0 Å². The number of fused-ring (bicyclic) bond motifs is 1. The van der Waals surface area contributed by atoms with Crippen LogP contribution in [0.25, 0.3) is 10.2 Å². The summed E-state index contributed by atoms with van der Waals surface area (Å²) in [5, 5.41) is 9.72. The van der Waals surface area contributed by atoms with Crippen LogP contribution in [0.15, 0.2) is 45.0 Å². The number of H-pyrrole nitrogens is 1. The van der Waals surface area contributed by atoms with E-state index in [1.165, 1.54) is 16.2 Å². The Morgan fingerprint density at radius 1 is 1.31 bits per heavy atom. The third-order valence-corrected chi connectivity index (χ3v) is 6.41. The molecule has 1 fully saturated rings. The lowest BCUT2D eigenvalue weighted by molar-refractivity contribution is 0.0963. The molecule has 8 heteroatoms. The number of nitrogens with one attached hydrogen (secondary N) is 1. The predicted molar refractivity (Wildman–Crippen MR) is 104 cm³/mol. The van der Waals surface area contributed by atoms with E-state index in [1.54, 1.807) is 6.07 Å². The quantitative estimate of drug-likeness (QED) is 0.628. The highest BCUT2D eigenvalue weighted by molar-refractivity contribution is 9.11. The first-order chi connectivity index (χ1) is 12.5. The van der Waals surface area contributed by atoms with Gasteiger partial charge in [0.05, 0.1) is 15.3 Å². The molecular formula is C18H16BrN3O3S. The van der Waals surface area contributed by atoms with Crippen LogP contribution in [0.2, 0.25) is 0 Å². The van der Waals surface area contributed by atoms with Gasteiger partial charge in [-0.2, -0.15) is 0 Å². The summed E-state index contributed by atoms with van der Waals surface area (Å²) in [6.45, 7) is 0.388. The van der Waals surface area contributed by atoms with E-state index in [1.807, 2.05) is 30.3 Å². The number of aromatic amines is 1. The van der Waals surface area contributed by atoms with Crippen molar-refractivity contribution in [3.8, 4) is 0 Å². The minimum Gasteiger partial charge on any atom is -0.465 e. The highest BCUT2D eigenvalue weighted by Gasteiger charge is 2.34. The van der Waals surface area contributed by atoms with E-state index in [9.17, 15) is 14.7 Å². The summed E-state index contributed by atoms with van der Waals surface area (Å²) < 4.78 is 1.37. The third kappa shape index (κ3) is 3.14. The minimum atomic E-state index is -0.995. The standard InChI is InChI=1S/C18H16BrN3O3S/c19-14-8-12-15(26-14)17(23)21-16(20-12)13-7-6-11(9-22(13)18(24)25)10-4-2-1-3-5-10/h1-5,8,11,13H,6-7,9H2,(H,24,25)(H,20,21,23)/t11-,13-/m0/s1. The number of piperidine rings is 1. The average Bonchev–Trinajstić information content (AvgIpc) is 3.03. The van der Waals surface area contributed by atoms with Gasteiger partial charge in [0.2, 0.25) is 0 Å². The lowest BCUT2D eigenvalue weighted by atomic mass is 9.87. The van der Waals surface area contributed by atoms with Gasteiger partial charge in [0, 0.05) is 12.5 Å². The van der Waals surface area contributed by atoms with Gasteiger partial charge in [-0.25, -0.2) is 9.78 Å². The van der Waals surface area contributed by atoms with E-state index in [0.717, 1.165) is 15.8 Å². The number of aromatic nitrogens is 2. The molecule has 26 heavy (non-hydrogen) atoms. The Morgan fingerprint density at radius 3 is 2.81 bits per heavy atom. The van der Waals surface area contributed by atoms with Crippen LogP contribution >= 0.6 is 27.3 Å². The first-order valence-corrected chi connectivity index (χ1v) is 9.87. The molecule has 1 aliphatic heterocycles. The number of carbonyl (C=O) groups is 1. The summed E-state index contributed by atoms with van der Waals surface area (Å²) in [6.07, 6.45) is 0.462. The summed E-state index contributed by atoms with van der Waals surface area (Å²) in [5.41, 5.74) is 1.50. The van der Waals surface area contributed by atoms with Crippen molar-refractivity contribution in [1.29, 1.82) is 0 Å². The van der Waals surface area contributed by atoms with E-state index >= 15 is 0 Å². The van der Waals surface area contributed by atoms with Crippen molar-refractivity contribution in [3.05, 3.63) is 61.9 Å². The Balaban J connectivity index is 1.68. The molecule has 0 saturated carbocycles. The second-order valence-electron chi connectivity index (χ2n) is 6.35. The van der Waals surface area contributed by atoms with Crippen LogP contribution in [-0.4, -0.2) is 32.6 Å². The summed E-state index contributed by atoms with van der Waals surface area (Å²) >= 11 is 4.69. The number of amides is 1. The van der Waals surface area contributed by atoms with E-state index in [0.29, 0.717) is 29.0 Å². The SMILES string of the molecule is O=C(O)N1C[C@@H](c2ccccc2)CC[C@H]1c1nc2cc(Br)sc2c(=O)[nH]1. The lowest BCUT2D eigenvalue weighted by Crippen LogP contribution is -2.41. The Bertz CT molecular complexity index is 1020. The second-order valence-corrected chi connectivity index (χ2v) is 8.78. The van der Waals surface area contributed by atoms with E-state index < -0.39 is 12.1 Å². The number of thiophene rings is 1. The maximum Gasteiger partial charge on any atom is 0.407 e. The predicted octanol–water partition coefficient (Wildman–Crippen LogP) is 4.35. The molecule has 134 valence electrons. The van der Waals surface area contributed by atoms with Crippen molar-refractivity contribution in [1.82, 2.24) is 14.9 Å². The topological polar surface area (TPSA) is 86.3 Å². The van der Waals surface area contributed by atoms with Crippen LogP contribution in [0.3, 0.4) is 0 Å². The summed E-state index contributed by atoms with van der Waals surface area (Å²) in [4.78, 5) is 32.9. The van der Waals surface area contributed by atoms with Gasteiger partial charge in [-0.15, -0.1) is 11.3 Å². The first kappa shape index (κ1) is 17.2. The van der Waals surface area contributed by atoms with Crippen LogP contribution in [0.4, 0.5) is 4.79 Å². The van der Waals surface area contributed by atoms with Gasteiger partial charge in [0.25, 0.3) is 5.56 Å². The Kier molecular flexibility index (Phi) is 4.54. The molecule has 6 nitrogen and oxygen atoms in total. The van der Waals surface area contributed by atoms with E-state index in [2.05, 4.69) is 25.9 Å². The zero-order valence-corrected chi connectivity index (χ0v) is 16.1. The zero-order chi connectivity index (χ0) is 18.3. The van der Waals surface area contributed by atoms with Crippen molar-refractivity contribution in [2.24, 2.45) is 0 Å². The number of hydrogen-bond acceptors (Lipinski definition) is 4. The van der Waals surface area contributed by atoms with Gasteiger partial charge < -0.3 is 10.1 Å². The molecule has 0 unspecified atom stereocenters. The Hall–Kier alpha value is -2.19. The highest BCUT2D eigenvalue weighted by atomic mass is 79.9. The highest BCUT2D eigenvalue weighted by Crippen LogP contribution is 2.37. The molecule has 4 rings (SSSR count). The molecular weight excluding hydrogens is 418 g/mol. The van der Waals surface area contributed by atoms with Crippen molar-refractivity contribution >= 4 is 43.6 Å². The molecule has 0 radical (unpaired) electrons. The maximum absolute atomic E-state index is 12.3. The number of likely N-dealkylation sites (tertiary alicyclic amines) is 1. The van der Waals surface area contributed by atoms with Crippen LogP contribution in [0.1, 0.15) is 36.2 Å². The monoisotopic (exact) mass is 433 g/mol. The average molecular weight is 434 g/mol. The first-order valence-electron chi connectivity index (χ1n) is 8.26. The van der Waals surface area contributed by atoms with Crippen molar-refractivity contribution in [2.75, 3.05) is 6.54 Å². The normalized spacial score (nSPS) is 20.4. The third-order valence-electron chi connectivity index (χ3n) is 4.79. The number of carboxylic acid groups (broad SMARTS) is 1. The van der Waals surface area contributed by atoms with Gasteiger partial charge in [-0.05, 0) is 40.4 Å². The summed E-state index contributed by atoms with van der Waals surface area (Å²) in [6, 6.07) is 11.3. The molecule has 2 N–H and O–H groups in total. The van der Waals surface area contributed by atoms with E-state index in [4.69, 9.17) is 0 Å². The number of halogens is 1. The molecule has 3 heterocycles. The lowest BCUT2D eigenvalue weighted by Gasteiger charge is -2.37. The van der Waals surface area contributed by atoms with Crippen molar-refractivity contribution in [3.63, 3.8) is 0 Å². The molecule has 1 amide bonds. The fourth-order valence-corrected chi connectivity index (χ4v) is 4.97. The van der Waals surface area contributed by atoms with Crippen LogP contribution in [0, 0.1) is 0 Å². The fraction of sp³-hybridized carbons (Fsp3) is 0.278. The molecule has 0 aliphatic carbocycles. The van der Waals surface area contributed by atoms with Gasteiger partial charge >= 0.3 is 6.09 Å². The smallest absolute Gasteiger partial charge is 0.407 e.